The molecule has 34 heavy (non-hydrogen) atoms. The molecule has 0 unspecified atom stereocenters. The number of pyridine rings is 2. The molecule has 166 valence electrons. The summed E-state index contributed by atoms with van der Waals surface area (Å²) in [5.74, 6) is 0.340. The molecule has 8 heteroatoms. The molecule has 3 heterocycles. The first-order valence-corrected chi connectivity index (χ1v) is 10.8. The molecule has 0 aliphatic rings. The van der Waals surface area contributed by atoms with Crippen molar-refractivity contribution >= 4 is 44.2 Å². The maximum atomic E-state index is 14.6. The maximum absolute atomic E-state index is 14.6. The third-order valence-corrected chi connectivity index (χ3v) is 6.27. The number of nitrogens with zero attached hydrogens (tertiary/aromatic N) is 2. The van der Waals surface area contributed by atoms with Gasteiger partial charge in [0.25, 0.3) is 5.56 Å². The van der Waals surface area contributed by atoms with Gasteiger partial charge in [-0.2, -0.15) is 0 Å². The number of benzene rings is 3. The highest BCUT2D eigenvalue weighted by atomic mass is 35.5. The Balaban J connectivity index is 1.69. The predicted octanol–water partition coefficient (Wildman–Crippen LogP) is 6.09. The molecule has 0 spiro atoms. The zero-order valence-electron chi connectivity index (χ0n) is 17.8. The van der Waals surface area contributed by atoms with E-state index < -0.39 is 5.82 Å². The van der Waals surface area contributed by atoms with Crippen LogP contribution in [0.3, 0.4) is 0 Å². The highest BCUT2D eigenvalue weighted by Crippen LogP contribution is 2.37. The van der Waals surface area contributed by atoms with Gasteiger partial charge < -0.3 is 14.7 Å². The Kier molecular flexibility index (Phi) is 4.60. The second-order valence-electron chi connectivity index (χ2n) is 7.85. The molecule has 0 saturated carbocycles. The Morgan fingerprint density at radius 2 is 1.85 bits per heavy atom. The minimum Gasteiger partial charge on any atom is -0.481 e. The standard InChI is InChI=1S/C26H16ClFN4O2/c1-34-20-8-6-14(12-30-20)13-5-7-15-17(11-13)21-16(9-10-29-26(21)33)24-23(15)31-25(32-24)22-18(27)3-2-4-19(22)28/h2-12H,1H3,(H,29,33)(H,31,32). The van der Waals surface area contributed by atoms with E-state index in [1.54, 1.807) is 37.7 Å². The third kappa shape index (κ3) is 3.05. The molecule has 0 saturated heterocycles. The normalized spacial score (nSPS) is 11.5. The molecule has 6 aromatic rings. The number of aromatic amines is 2. The molecule has 0 amide bonds. The molecule has 0 radical (unpaired) electrons. The lowest BCUT2D eigenvalue weighted by atomic mass is 9.97. The van der Waals surface area contributed by atoms with E-state index in [-0.39, 0.29) is 16.1 Å². The van der Waals surface area contributed by atoms with E-state index in [1.165, 1.54) is 6.07 Å². The molecule has 6 nitrogen and oxygen atoms in total. The van der Waals surface area contributed by atoms with Crippen molar-refractivity contribution in [2.75, 3.05) is 7.11 Å². The lowest BCUT2D eigenvalue weighted by Gasteiger charge is -2.08. The van der Waals surface area contributed by atoms with E-state index in [0.717, 1.165) is 21.9 Å². The molecule has 3 aromatic carbocycles. The lowest BCUT2D eigenvalue weighted by molar-refractivity contribution is 0.398. The number of ether oxygens (including phenoxy) is 1. The van der Waals surface area contributed by atoms with Crippen molar-refractivity contribution in [2.24, 2.45) is 0 Å². The maximum Gasteiger partial charge on any atom is 0.256 e. The van der Waals surface area contributed by atoms with Gasteiger partial charge >= 0.3 is 0 Å². The largest absolute Gasteiger partial charge is 0.481 e. The second kappa shape index (κ2) is 7.67. The summed E-state index contributed by atoms with van der Waals surface area (Å²) in [7, 11) is 1.56. The number of rotatable bonds is 3. The molecule has 0 fully saturated rings. The molecule has 0 aliphatic carbocycles. The van der Waals surface area contributed by atoms with Crippen LogP contribution in [0.5, 0.6) is 5.88 Å². The summed E-state index contributed by atoms with van der Waals surface area (Å²) >= 11 is 6.29. The summed E-state index contributed by atoms with van der Waals surface area (Å²) in [5.41, 5.74) is 2.99. The minimum absolute atomic E-state index is 0.187. The Hall–Kier alpha value is -4.23. The number of halogens is 2. The van der Waals surface area contributed by atoms with Gasteiger partial charge in [0.1, 0.15) is 11.6 Å². The quantitative estimate of drug-likeness (QED) is 0.307. The van der Waals surface area contributed by atoms with E-state index in [4.69, 9.17) is 21.3 Å². The van der Waals surface area contributed by atoms with Crippen LogP contribution in [0.25, 0.3) is 55.1 Å². The number of nitrogens with one attached hydrogen (secondary N) is 2. The first kappa shape index (κ1) is 20.4. The summed E-state index contributed by atoms with van der Waals surface area (Å²) in [6.07, 6.45) is 3.31. The highest BCUT2D eigenvalue weighted by molar-refractivity contribution is 6.33. The zero-order valence-corrected chi connectivity index (χ0v) is 18.6. The van der Waals surface area contributed by atoms with Crippen molar-refractivity contribution in [3.63, 3.8) is 0 Å². The lowest BCUT2D eigenvalue weighted by Crippen LogP contribution is -2.05. The average Bonchev–Trinajstić information content (AvgIpc) is 3.29. The predicted molar refractivity (Wildman–Crippen MR) is 132 cm³/mol. The summed E-state index contributed by atoms with van der Waals surface area (Å²) in [6.45, 7) is 0. The summed E-state index contributed by atoms with van der Waals surface area (Å²) in [5, 5.41) is 2.94. The molecule has 0 aliphatic heterocycles. The van der Waals surface area contributed by atoms with Gasteiger partial charge in [0.05, 0.1) is 34.1 Å². The molecule has 3 aromatic heterocycles. The van der Waals surface area contributed by atoms with Crippen LogP contribution in [0.2, 0.25) is 5.02 Å². The fourth-order valence-electron chi connectivity index (χ4n) is 4.37. The van der Waals surface area contributed by atoms with Crippen molar-refractivity contribution in [1.29, 1.82) is 0 Å². The van der Waals surface area contributed by atoms with Crippen LogP contribution in [0, 0.1) is 5.82 Å². The van der Waals surface area contributed by atoms with E-state index in [1.807, 2.05) is 30.3 Å². The molecule has 0 bridgehead atoms. The number of imidazole rings is 1. The first-order chi connectivity index (χ1) is 16.5. The molecule has 0 atom stereocenters. The molecule has 2 N–H and O–H groups in total. The minimum atomic E-state index is -0.479. The average molecular weight is 471 g/mol. The molecule has 6 rings (SSSR count). The Morgan fingerprint density at radius 3 is 2.62 bits per heavy atom. The monoisotopic (exact) mass is 470 g/mol. The fraction of sp³-hybridized carbons (Fsp3) is 0.0385. The number of hydrogen-bond acceptors (Lipinski definition) is 4. The highest BCUT2D eigenvalue weighted by Gasteiger charge is 2.19. The van der Waals surface area contributed by atoms with Crippen molar-refractivity contribution < 1.29 is 9.13 Å². The van der Waals surface area contributed by atoms with Crippen molar-refractivity contribution in [3.05, 3.63) is 88.2 Å². The van der Waals surface area contributed by atoms with Crippen LogP contribution in [0.4, 0.5) is 4.39 Å². The van der Waals surface area contributed by atoms with Gasteiger partial charge in [-0.15, -0.1) is 0 Å². The van der Waals surface area contributed by atoms with Gasteiger partial charge in [0.15, 0.2) is 0 Å². The van der Waals surface area contributed by atoms with Crippen LogP contribution in [-0.4, -0.2) is 27.0 Å². The zero-order chi connectivity index (χ0) is 23.4. The van der Waals surface area contributed by atoms with Crippen LogP contribution in [-0.2, 0) is 0 Å². The van der Waals surface area contributed by atoms with Crippen LogP contribution in [0.15, 0.2) is 71.8 Å². The van der Waals surface area contributed by atoms with E-state index in [9.17, 15) is 9.18 Å². The summed E-state index contributed by atoms with van der Waals surface area (Å²) in [6, 6.07) is 15.8. The number of hydrogen-bond donors (Lipinski definition) is 2. The van der Waals surface area contributed by atoms with Gasteiger partial charge in [-0.3, -0.25) is 4.79 Å². The van der Waals surface area contributed by atoms with E-state index in [0.29, 0.717) is 33.5 Å². The van der Waals surface area contributed by atoms with Gasteiger partial charge in [0.2, 0.25) is 5.88 Å². The Bertz CT molecular complexity index is 1770. The fourth-order valence-corrected chi connectivity index (χ4v) is 4.62. The smallest absolute Gasteiger partial charge is 0.256 e. The number of fused-ring (bicyclic) bond motifs is 6. The first-order valence-electron chi connectivity index (χ1n) is 10.5. The van der Waals surface area contributed by atoms with Gasteiger partial charge in [-0.25, -0.2) is 14.4 Å². The van der Waals surface area contributed by atoms with Crippen molar-refractivity contribution in [3.8, 4) is 28.4 Å². The van der Waals surface area contributed by atoms with Gasteiger partial charge in [0, 0.05) is 34.8 Å². The SMILES string of the molecule is COc1ccc(-c2ccc3c(c2)c2c(=O)[nH]ccc2c2[nH]c(-c4c(F)cccc4Cl)nc32)cn1. The number of methoxy groups -OCH3 is 1. The Morgan fingerprint density at radius 1 is 1.00 bits per heavy atom. The van der Waals surface area contributed by atoms with Gasteiger partial charge in [-0.1, -0.05) is 29.8 Å². The molecular formula is C26H16ClFN4O2. The van der Waals surface area contributed by atoms with E-state index in [2.05, 4.69) is 15.0 Å². The Labute approximate surface area is 197 Å². The topological polar surface area (TPSA) is 83.7 Å². The second-order valence-corrected chi connectivity index (χ2v) is 8.26. The number of aromatic nitrogens is 4. The van der Waals surface area contributed by atoms with E-state index >= 15 is 0 Å². The van der Waals surface area contributed by atoms with Gasteiger partial charge in [-0.05, 0) is 41.3 Å². The summed E-state index contributed by atoms with van der Waals surface area (Å²) in [4.78, 5) is 27.9. The van der Waals surface area contributed by atoms with Crippen molar-refractivity contribution in [1.82, 2.24) is 19.9 Å². The molecular weight excluding hydrogens is 455 g/mol. The third-order valence-electron chi connectivity index (χ3n) is 5.96. The van der Waals surface area contributed by atoms with Crippen LogP contribution >= 0.6 is 11.6 Å². The summed E-state index contributed by atoms with van der Waals surface area (Å²) < 4.78 is 19.8. The van der Waals surface area contributed by atoms with Crippen molar-refractivity contribution in [2.45, 2.75) is 0 Å². The van der Waals surface area contributed by atoms with Crippen LogP contribution < -0.4 is 10.3 Å². The van der Waals surface area contributed by atoms with Crippen LogP contribution in [0.1, 0.15) is 0 Å². The number of H-pyrrole nitrogens is 2.